The Labute approximate surface area is 114 Å². The minimum atomic E-state index is -0.484. The van der Waals surface area contributed by atoms with Crippen molar-refractivity contribution in [3.63, 3.8) is 0 Å². The van der Waals surface area contributed by atoms with Crippen molar-refractivity contribution < 1.29 is 5.11 Å². The molecule has 1 aromatic heterocycles. The zero-order chi connectivity index (χ0) is 13.6. The molecule has 18 heavy (non-hydrogen) atoms. The van der Waals surface area contributed by atoms with E-state index in [-0.39, 0.29) is 5.41 Å². The lowest BCUT2D eigenvalue weighted by Crippen LogP contribution is -2.47. The Hall–Kier alpha value is -0.410. The number of thiazole rings is 1. The monoisotopic (exact) mass is 267 g/mol. The Morgan fingerprint density at radius 3 is 2.50 bits per heavy atom. The molecule has 0 aromatic carbocycles. The van der Waals surface area contributed by atoms with Gasteiger partial charge in [0.2, 0.25) is 0 Å². The summed E-state index contributed by atoms with van der Waals surface area (Å²) in [5.41, 5.74) is 0.769. The molecule has 1 aliphatic carbocycles. The van der Waals surface area contributed by atoms with Gasteiger partial charge in [-0.1, -0.05) is 34.6 Å². The van der Waals surface area contributed by atoms with Crippen molar-refractivity contribution in [3.05, 3.63) is 16.1 Å². The highest BCUT2D eigenvalue weighted by Gasteiger charge is 2.44. The first-order valence-corrected chi connectivity index (χ1v) is 7.75. The molecule has 0 bridgehead atoms. The van der Waals surface area contributed by atoms with Gasteiger partial charge in [-0.15, -0.1) is 11.3 Å². The second-order valence-corrected chi connectivity index (χ2v) is 8.13. The van der Waals surface area contributed by atoms with Crippen LogP contribution in [0.2, 0.25) is 0 Å². The van der Waals surface area contributed by atoms with E-state index >= 15 is 0 Å². The summed E-state index contributed by atoms with van der Waals surface area (Å²) in [4.78, 5) is 4.68. The van der Waals surface area contributed by atoms with Gasteiger partial charge in [-0.3, -0.25) is 0 Å². The maximum absolute atomic E-state index is 10.5. The zero-order valence-electron chi connectivity index (χ0n) is 12.2. The smallest absolute Gasteiger partial charge is 0.0957 e. The molecule has 0 atom stereocenters. The lowest BCUT2D eigenvalue weighted by molar-refractivity contribution is -0.0860. The Morgan fingerprint density at radius 1 is 1.44 bits per heavy atom. The summed E-state index contributed by atoms with van der Waals surface area (Å²) in [5, 5.41) is 13.7. The number of hydrogen-bond acceptors (Lipinski definition) is 3. The van der Waals surface area contributed by atoms with Gasteiger partial charge in [-0.2, -0.15) is 0 Å². The van der Waals surface area contributed by atoms with Crippen molar-refractivity contribution in [2.75, 3.05) is 0 Å². The molecule has 102 valence electrons. The number of nitrogens with zero attached hydrogens (tertiary/aromatic N) is 1. The average Bonchev–Trinajstić information content (AvgIpc) is 2.61. The van der Waals surface area contributed by atoms with Gasteiger partial charge in [0.15, 0.2) is 0 Å². The molecule has 1 aliphatic rings. The highest BCUT2D eigenvalue weighted by atomic mass is 32.1. The lowest BCUT2D eigenvalue weighted by Gasteiger charge is -2.45. The third-order valence-electron chi connectivity index (χ3n) is 4.03. The standard InChI is InChI=1S/C15H25NOS/c1-10(2)11-6-15(17,7-11)8-13-16-12(9-18-13)14(3,4)5/h9-11,17H,6-8H2,1-5H3. The third kappa shape index (κ3) is 2.94. The van der Waals surface area contributed by atoms with E-state index in [9.17, 15) is 5.11 Å². The molecular formula is C15H25NOS. The van der Waals surface area contributed by atoms with Gasteiger partial charge >= 0.3 is 0 Å². The predicted molar refractivity (Wildman–Crippen MR) is 77.0 cm³/mol. The van der Waals surface area contributed by atoms with E-state index in [1.54, 1.807) is 11.3 Å². The predicted octanol–water partition coefficient (Wildman–Crippen LogP) is 3.78. The SMILES string of the molecule is CC(C)C1CC(O)(Cc2nc(C(C)(C)C)cs2)C1. The Morgan fingerprint density at radius 2 is 2.06 bits per heavy atom. The van der Waals surface area contributed by atoms with Gasteiger partial charge in [-0.05, 0) is 24.7 Å². The summed E-state index contributed by atoms with van der Waals surface area (Å²) in [6, 6.07) is 0. The van der Waals surface area contributed by atoms with Gasteiger partial charge < -0.3 is 5.11 Å². The molecule has 2 rings (SSSR count). The van der Waals surface area contributed by atoms with Crippen LogP contribution < -0.4 is 0 Å². The quantitative estimate of drug-likeness (QED) is 0.904. The Bertz CT molecular complexity index is 410. The molecule has 0 unspecified atom stereocenters. The topological polar surface area (TPSA) is 33.1 Å². The average molecular weight is 267 g/mol. The molecule has 0 radical (unpaired) electrons. The first-order chi connectivity index (χ1) is 8.20. The molecule has 3 heteroatoms. The number of aromatic nitrogens is 1. The van der Waals surface area contributed by atoms with Crippen LogP contribution in [0, 0.1) is 11.8 Å². The van der Waals surface area contributed by atoms with Crippen LogP contribution in [0.25, 0.3) is 0 Å². The van der Waals surface area contributed by atoms with E-state index in [0.29, 0.717) is 11.8 Å². The summed E-state index contributed by atoms with van der Waals surface area (Å²) in [5.74, 6) is 1.38. The second-order valence-electron chi connectivity index (χ2n) is 7.19. The zero-order valence-corrected chi connectivity index (χ0v) is 13.0. The molecule has 1 saturated carbocycles. The van der Waals surface area contributed by atoms with Gasteiger partial charge in [-0.25, -0.2) is 4.98 Å². The fraction of sp³-hybridized carbons (Fsp3) is 0.800. The fourth-order valence-corrected chi connectivity index (χ4v) is 3.71. The molecule has 1 heterocycles. The first-order valence-electron chi connectivity index (χ1n) is 6.87. The fourth-order valence-electron chi connectivity index (χ4n) is 2.55. The molecule has 1 N–H and O–H groups in total. The molecule has 1 fully saturated rings. The van der Waals surface area contributed by atoms with Crippen LogP contribution in [0.3, 0.4) is 0 Å². The van der Waals surface area contributed by atoms with Crippen molar-refractivity contribution >= 4 is 11.3 Å². The van der Waals surface area contributed by atoms with Gasteiger partial charge in [0.05, 0.1) is 16.3 Å². The van der Waals surface area contributed by atoms with E-state index in [4.69, 9.17) is 0 Å². The van der Waals surface area contributed by atoms with Crippen LogP contribution in [0.1, 0.15) is 58.2 Å². The molecule has 2 nitrogen and oxygen atoms in total. The van der Waals surface area contributed by atoms with Crippen molar-refractivity contribution in [3.8, 4) is 0 Å². The van der Waals surface area contributed by atoms with E-state index in [1.165, 1.54) is 0 Å². The Kier molecular flexibility index (Phi) is 3.58. The van der Waals surface area contributed by atoms with Crippen LogP contribution in [-0.4, -0.2) is 15.7 Å². The first kappa shape index (κ1) is 14.0. The van der Waals surface area contributed by atoms with Gasteiger partial charge in [0.1, 0.15) is 0 Å². The van der Waals surface area contributed by atoms with Crippen molar-refractivity contribution in [1.29, 1.82) is 0 Å². The van der Waals surface area contributed by atoms with E-state index in [1.807, 2.05) is 0 Å². The number of aliphatic hydroxyl groups is 1. The minimum Gasteiger partial charge on any atom is -0.389 e. The minimum absolute atomic E-state index is 0.109. The number of hydrogen-bond donors (Lipinski definition) is 1. The summed E-state index contributed by atoms with van der Waals surface area (Å²) < 4.78 is 0. The van der Waals surface area contributed by atoms with Crippen LogP contribution >= 0.6 is 11.3 Å². The van der Waals surface area contributed by atoms with Crippen LogP contribution in [-0.2, 0) is 11.8 Å². The van der Waals surface area contributed by atoms with E-state index in [0.717, 1.165) is 30.0 Å². The summed E-state index contributed by atoms with van der Waals surface area (Å²) in [6.45, 7) is 11.0. The summed E-state index contributed by atoms with van der Waals surface area (Å²) in [7, 11) is 0. The molecule has 1 aromatic rings. The molecule has 0 spiro atoms. The van der Waals surface area contributed by atoms with Crippen molar-refractivity contribution in [2.45, 2.75) is 64.9 Å². The summed E-state index contributed by atoms with van der Waals surface area (Å²) >= 11 is 1.69. The van der Waals surface area contributed by atoms with Gasteiger partial charge in [0, 0.05) is 17.2 Å². The van der Waals surface area contributed by atoms with Crippen LogP contribution in [0.4, 0.5) is 0 Å². The van der Waals surface area contributed by atoms with Crippen LogP contribution in [0.15, 0.2) is 5.38 Å². The van der Waals surface area contributed by atoms with Crippen molar-refractivity contribution in [2.24, 2.45) is 11.8 Å². The second kappa shape index (κ2) is 4.61. The van der Waals surface area contributed by atoms with E-state index < -0.39 is 5.60 Å². The highest BCUT2D eigenvalue weighted by Crippen LogP contribution is 2.44. The molecule has 0 aliphatic heterocycles. The third-order valence-corrected chi connectivity index (χ3v) is 4.88. The number of rotatable bonds is 3. The maximum atomic E-state index is 10.5. The van der Waals surface area contributed by atoms with Gasteiger partial charge in [0.25, 0.3) is 0 Å². The van der Waals surface area contributed by atoms with Crippen molar-refractivity contribution in [1.82, 2.24) is 4.98 Å². The lowest BCUT2D eigenvalue weighted by atomic mass is 9.65. The molecular weight excluding hydrogens is 242 g/mol. The maximum Gasteiger partial charge on any atom is 0.0957 e. The van der Waals surface area contributed by atoms with Crippen LogP contribution in [0.5, 0.6) is 0 Å². The molecule has 0 saturated heterocycles. The normalized spacial score (nSPS) is 28.5. The Balaban J connectivity index is 1.97. The largest absolute Gasteiger partial charge is 0.389 e. The highest BCUT2D eigenvalue weighted by molar-refractivity contribution is 7.09. The summed E-state index contributed by atoms with van der Waals surface area (Å²) in [6.07, 6.45) is 2.61. The molecule has 0 amide bonds. The van der Waals surface area contributed by atoms with E-state index in [2.05, 4.69) is 45.0 Å².